The van der Waals surface area contributed by atoms with Gasteiger partial charge in [-0.05, 0) is 44.4 Å². The lowest BCUT2D eigenvalue weighted by molar-refractivity contribution is -0.142. The van der Waals surface area contributed by atoms with Crippen LogP contribution in [0.25, 0.3) is 0 Å². The van der Waals surface area contributed by atoms with Crippen molar-refractivity contribution in [2.24, 2.45) is 5.73 Å². The molecule has 4 atom stereocenters. The summed E-state index contributed by atoms with van der Waals surface area (Å²) in [5, 5.41) is 33.9. The third kappa shape index (κ3) is 9.00. The smallest absolute Gasteiger partial charge is 0.325 e. The highest BCUT2D eigenvalue weighted by Crippen LogP contribution is 2.11. The predicted molar refractivity (Wildman–Crippen MR) is 111 cm³/mol. The first kappa shape index (κ1) is 26.4. The van der Waals surface area contributed by atoms with Crippen molar-refractivity contribution in [1.82, 2.24) is 16.0 Å². The Labute approximate surface area is 184 Å². The molecule has 1 rings (SSSR count). The largest absolute Gasteiger partial charge is 0.508 e. The molecule has 12 heteroatoms. The van der Waals surface area contributed by atoms with Crippen molar-refractivity contribution in [3.05, 3.63) is 29.8 Å². The predicted octanol–water partition coefficient (Wildman–Crippen LogP) is -1.29. The van der Waals surface area contributed by atoms with Gasteiger partial charge in [-0.25, -0.2) is 0 Å². The summed E-state index contributed by atoms with van der Waals surface area (Å²) in [7, 11) is 0. The molecule has 1 aromatic carbocycles. The SMILES string of the molecule is CC(NC(=O)C(CCC(=O)O)NC(=O)C(C)NC(=O)C(N)Cc1ccc(O)cc1)C(=O)O. The molecule has 32 heavy (non-hydrogen) atoms. The van der Waals surface area contributed by atoms with Crippen LogP contribution in [0.5, 0.6) is 5.75 Å². The van der Waals surface area contributed by atoms with Crippen molar-refractivity contribution in [1.29, 1.82) is 0 Å². The second-order valence-corrected chi connectivity index (χ2v) is 7.27. The second kappa shape index (κ2) is 12.2. The maximum Gasteiger partial charge on any atom is 0.325 e. The highest BCUT2D eigenvalue weighted by Gasteiger charge is 2.27. The molecule has 0 aromatic heterocycles. The number of nitrogens with two attached hydrogens (primary N) is 1. The maximum absolute atomic E-state index is 12.4. The van der Waals surface area contributed by atoms with Crippen molar-refractivity contribution < 1.29 is 39.3 Å². The topological polar surface area (TPSA) is 208 Å². The van der Waals surface area contributed by atoms with E-state index in [1.165, 1.54) is 26.0 Å². The molecule has 0 fully saturated rings. The zero-order valence-electron chi connectivity index (χ0n) is 17.7. The van der Waals surface area contributed by atoms with Crippen LogP contribution in [0.3, 0.4) is 0 Å². The Bertz CT molecular complexity index is 843. The number of hydrogen-bond donors (Lipinski definition) is 7. The Hall–Kier alpha value is -3.67. The molecule has 0 radical (unpaired) electrons. The lowest BCUT2D eigenvalue weighted by Crippen LogP contribution is -2.56. The monoisotopic (exact) mass is 452 g/mol. The van der Waals surface area contributed by atoms with Gasteiger partial charge in [0.25, 0.3) is 0 Å². The van der Waals surface area contributed by atoms with E-state index in [0.717, 1.165) is 0 Å². The summed E-state index contributed by atoms with van der Waals surface area (Å²) in [5.41, 5.74) is 6.55. The van der Waals surface area contributed by atoms with Crippen LogP contribution in [0.15, 0.2) is 24.3 Å². The van der Waals surface area contributed by atoms with Gasteiger partial charge in [-0.15, -0.1) is 0 Å². The van der Waals surface area contributed by atoms with Crippen molar-refractivity contribution in [3.63, 3.8) is 0 Å². The van der Waals surface area contributed by atoms with Crippen LogP contribution in [0, 0.1) is 0 Å². The standard InChI is InChI=1S/C20H28N4O8/c1-10(22-18(29)14(21)9-12-3-5-13(25)6-4-12)17(28)24-15(7-8-16(26)27)19(30)23-11(2)20(31)32/h3-6,10-11,14-15,25H,7-9,21H2,1-2H3,(H,22,29)(H,23,30)(H,24,28)(H,26,27)(H,31,32). The fraction of sp³-hybridized carbons (Fsp3) is 0.450. The number of carbonyl (C=O) groups is 5. The van der Waals surface area contributed by atoms with Crippen LogP contribution in [0.1, 0.15) is 32.3 Å². The Kier molecular flexibility index (Phi) is 10.1. The molecule has 0 aliphatic rings. The number of phenolic OH excluding ortho intramolecular Hbond substituents is 1. The molecule has 0 heterocycles. The van der Waals surface area contributed by atoms with Crippen LogP contribution >= 0.6 is 0 Å². The summed E-state index contributed by atoms with van der Waals surface area (Å²) in [4.78, 5) is 58.8. The van der Waals surface area contributed by atoms with Crippen molar-refractivity contribution in [3.8, 4) is 5.75 Å². The first-order valence-electron chi connectivity index (χ1n) is 9.80. The summed E-state index contributed by atoms with van der Waals surface area (Å²) in [5.74, 6) is -4.71. The molecular formula is C20H28N4O8. The fourth-order valence-corrected chi connectivity index (χ4v) is 2.57. The van der Waals surface area contributed by atoms with Crippen LogP contribution in [0.2, 0.25) is 0 Å². The first-order valence-corrected chi connectivity index (χ1v) is 9.80. The van der Waals surface area contributed by atoms with E-state index in [9.17, 15) is 29.1 Å². The average molecular weight is 452 g/mol. The van der Waals surface area contributed by atoms with Gasteiger partial charge in [0.2, 0.25) is 17.7 Å². The number of carboxylic acids is 2. The van der Waals surface area contributed by atoms with Crippen LogP contribution in [-0.2, 0) is 30.4 Å². The lowest BCUT2D eigenvalue weighted by Gasteiger charge is -2.22. The number of benzene rings is 1. The van der Waals surface area contributed by atoms with Crippen molar-refractivity contribution >= 4 is 29.7 Å². The number of rotatable bonds is 12. The molecule has 0 saturated carbocycles. The normalized spacial score (nSPS) is 14.3. The molecule has 0 aliphatic carbocycles. The van der Waals surface area contributed by atoms with Gasteiger partial charge in [-0.1, -0.05) is 12.1 Å². The van der Waals surface area contributed by atoms with Gasteiger partial charge >= 0.3 is 11.9 Å². The van der Waals surface area contributed by atoms with Crippen molar-refractivity contribution in [2.45, 2.75) is 57.3 Å². The van der Waals surface area contributed by atoms with Gasteiger partial charge in [0.1, 0.15) is 23.9 Å². The summed E-state index contributed by atoms with van der Waals surface area (Å²) in [6, 6.07) is 1.44. The number of carbonyl (C=O) groups excluding carboxylic acids is 3. The third-order valence-electron chi connectivity index (χ3n) is 4.49. The number of carboxylic acid groups (broad SMARTS) is 2. The van der Waals surface area contributed by atoms with Gasteiger partial charge in [0.05, 0.1) is 6.04 Å². The summed E-state index contributed by atoms with van der Waals surface area (Å²) in [6.45, 7) is 2.57. The second-order valence-electron chi connectivity index (χ2n) is 7.27. The molecule has 3 amide bonds. The zero-order valence-corrected chi connectivity index (χ0v) is 17.7. The molecule has 176 valence electrons. The minimum Gasteiger partial charge on any atom is -0.508 e. The molecule has 0 saturated heterocycles. The van der Waals surface area contributed by atoms with Gasteiger partial charge in [0, 0.05) is 6.42 Å². The van der Waals surface area contributed by atoms with E-state index in [1.54, 1.807) is 12.1 Å². The molecule has 8 N–H and O–H groups in total. The number of nitrogens with one attached hydrogen (secondary N) is 3. The average Bonchev–Trinajstić information content (AvgIpc) is 2.71. The lowest BCUT2D eigenvalue weighted by atomic mass is 10.1. The Morgan fingerprint density at radius 3 is 1.97 bits per heavy atom. The molecular weight excluding hydrogens is 424 g/mol. The van der Waals surface area contributed by atoms with E-state index in [-0.39, 0.29) is 18.6 Å². The van der Waals surface area contributed by atoms with E-state index < -0.39 is 60.2 Å². The number of phenols is 1. The van der Waals surface area contributed by atoms with Gasteiger partial charge in [-0.3, -0.25) is 24.0 Å². The van der Waals surface area contributed by atoms with E-state index in [1.807, 2.05) is 0 Å². The molecule has 4 unspecified atom stereocenters. The van der Waals surface area contributed by atoms with Gasteiger partial charge in [-0.2, -0.15) is 0 Å². The number of aromatic hydroxyl groups is 1. The van der Waals surface area contributed by atoms with Crippen LogP contribution < -0.4 is 21.7 Å². The molecule has 12 nitrogen and oxygen atoms in total. The molecule has 0 aliphatic heterocycles. The minimum atomic E-state index is -1.31. The van der Waals surface area contributed by atoms with Crippen molar-refractivity contribution in [2.75, 3.05) is 0 Å². The van der Waals surface area contributed by atoms with Crippen LogP contribution in [-0.4, -0.2) is 69.1 Å². The molecule has 0 bridgehead atoms. The zero-order chi connectivity index (χ0) is 24.4. The summed E-state index contributed by atoms with van der Waals surface area (Å²) < 4.78 is 0. The van der Waals surface area contributed by atoms with Gasteiger partial charge < -0.3 is 37.0 Å². The molecule has 1 aromatic rings. The Morgan fingerprint density at radius 2 is 1.44 bits per heavy atom. The Balaban J connectivity index is 2.71. The minimum absolute atomic E-state index is 0.0660. The third-order valence-corrected chi connectivity index (χ3v) is 4.49. The number of amides is 3. The summed E-state index contributed by atoms with van der Waals surface area (Å²) >= 11 is 0. The summed E-state index contributed by atoms with van der Waals surface area (Å²) in [6.07, 6.45) is -0.574. The maximum atomic E-state index is 12.4. The quantitative estimate of drug-likeness (QED) is 0.201. The number of hydrogen-bond acceptors (Lipinski definition) is 7. The number of aliphatic carboxylic acids is 2. The first-order chi connectivity index (χ1) is 14.9. The van der Waals surface area contributed by atoms with Gasteiger partial charge in [0.15, 0.2) is 0 Å². The van der Waals surface area contributed by atoms with E-state index >= 15 is 0 Å². The van der Waals surface area contributed by atoms with E-state index in [0.29, 0.717) is 5.56 Å². The van der Waals surface area contributed by atoms with Crippen LogP contribution in [0.4, 0.5) is 0 Å². The van der Waals surface area contributed by atoms with E-state index in [4.69, 9.17) is 15.9 Å². The Morgan fingerprint density at radius 1 is 0.875 bits per heavy atom. The highest BCUT2D eigenvalue weighted by molar-refractivity contribution is 5.94. The molecule has 0 spiro atoms. The van der Waals surface area contributed by atoms with E-state index in [2.05, 4.69) is 16.0 Å². The highest BCUT2D eigenvalue weighted by atomic mass is 16.4. The fourth-order valence-electron chi connectivity index (χ4n) is 2.57.